The minimum atomic E-state index is -0.227. The Morgan fingerprint density at radius 3 is 3.00 bits per heavy atom. The van der Waals surface area contributed by atoms with Crippen LogP contribution in [0.2, 0.25) is 0 Å². The van der Waals surface area contributed by atoms with E-state index in [1.54, 1.807) is 14.0 Å². The van der Waals surface area contributed by atoms with Crippen LogP contribution in [-0.2, 0) is 0 Å². The summed E-state index contributed by atoms with van der Waals surface area (Å²) in [7, 11) is 1.65. The van der Waals surface area contributed by atoms with Crippen LogP contribution in [0.15, 0.2) is 33.9 Å². The van der Waals surface area contributed by atoms with E-state index in [9.17, 15) is 4.79 Å². The second-order valence-corrected chi connectivity index (χ2v) is 2.80. The molecule has 4 N–H and O–H groups in total. The highest BCUT2D eigenvalue weighted by Crippen LogP contribution is 2.00. The average Bonchev–Trinajstić information content (AvgIpc) is 2.25. The molecule has 0 aliphatic rings. The zero-order chi connectivity index (χ0) is 11.3. The number of hydrogen-bond acceptors (Lipinski definition) is 5. The lowest BCUT2D eigenvalue weighted by molar-refractivity contribution is 1.11. The monoisotopic (exact) mass is 207 g/mol. The van der Waals surface area contributed by atoms with E-state index in [0.29, 0.717) is 11.6 Å². The molecule has 0 atom stereocenters. The van der Waals surface area contributed by atoms with Crippen molar-refractivity contribution in [2.45, 2.75) is 6.92 Å². The summed E-state index contributed by atoms with van der Waals surface area (Å²) in [6.45, 7) is 1.80. The largest absolute Gasteiger partial charge is 0.403 e. The van der Waals surface area contributed by atoms with Crippen molar-refractivity contribution in [2.24, 2.45) is 10.7 Å². The standard InChI is InChI=1S/C9H13N5O/c1-6(11-2)7(5-10)13-9-12-4-3-8(15)14-9/h3-5H,10H2,1-2H3,(H2,12,13,14,15). The number of allylic oxidation sites excluding steroid dienone is 1. The van der Waals surface area contributed by atoms with E-state index in [1.807, 2.05) is 0 Å². The SMILES string of the molecule is CN=C(C)C(=CN)Nc1nccc(=O)[nH]1. The topological polar surface area (TPSA) is 96.2 Å². The Morgan fingerprint density at radius 1 is 1.73 bits per heavy atom. The molecule has 6 nitrogen and oxygen atoms in total. The lowest BCUT2D eigenvalue weighted by Crippen LogP contribution is -2.15. The second-order valence-electron chi connectivity index (χ2n) is 2.80. The fourth-order valence-corrected chi connectivity index (χ4v) is 0.934. The third-order valence-electron chi connectivity index (χ3n) is 1.82. The normalized spacial score (nSPS) is 12.7. The number of hydrogen-bond donors (Lipinski definition) is 3. The van der Waals surface area contributed by atoms with Crippen LogP contribution < -0.4 is 16.6 Å². The Kier molecular flexibility index (Phi) is 3.61. The van der Waals surface area contributed by atoms with Gasteiger partial charge in [-0.25, -0.2) is 4.98 Å². The van der Waals surface area contributed by atoms with E-state index < -0.39 is 0 Å². The molecule has 0 unspecified atom stereocenters. The smallest absolute Gasteiger partial charge is 0.252 e. The number of nitrogens with two attached hydrogens (primary N) is 1. The van der Waals surface area contributed by atoms with Gasteiger partial charge in [0.1, 0.15) is 0 Å². The van der Waals surface area contributed by atoms with Gasteiger partial charge in [0.15, 0.2) is 0 Å². The van der Waals surface area contributed by atoms with E-state index in [2.05, 4.69) is 20.3 Å². The molecule has 1 heterocycles. The lowest BCUT2D eigenvalue weighted by atomic mass is 10.3. The number of nitrogens with zero attached hydrogens (tertiary/aromatic N) is 2. The molecule has 0 radical (unpaired) electrons. The van der Waals surface area contributed by atoms with Crippen LogP contribution in [0, 0.1) is 0 Å². The van der Waals surface area contributed by atoms with E-state index in [1.165, 1.54) is 18.5 Å². The van der Waals surface area contributed by atoms with Gasteiger partial charge in [0.25, 0.3) is 5.56 Å². The molecule has 6 heteroatoms. The van der Waals surface area contributed by atoms with Crippen LogP contribution in [0.25, 0.3) is 0 Å². The van der Waals surface area contributed by atoms with Gasteiger partial charge in [0, 0.05) is 25.5 Å². The fraction of sp³-hybridized carbons (Fsp3) is 0.222. The quantitative estimate of drug-likeness (QED) is 0.611. The van der Waals surface area contributed by atoms with E-state index in [4.69, 9.17) is 5.73 Å². The van der Waals surface area contributed by atoms with Gasteiger partial charge in [-0.1, -0.05) is 0 Å². The first-order valence-electron chi connectivity index (χ1n) is 4.35. The van der Waals surface area contributed by atoms with E-state index in [-0.39, 0.29) is 5.56 Å². The molecule has 0 aliphatic carbocycles. The molecule has 1 aromatic heterocycles. The van der Waals surface area contributed by atoms with Crippen molar-refractivity contribution in [1.29, 1.82) is 0 Å². The van der Waals surface area contributed by atoms with E-state index in [0.717, 1.165) is 5.71 Å². The maximum absolute atomic E-state index is 11.0. The molecule has 0 aliphatic heterocycles. The van der Waals surface area contributed by atoms with Crippen LogP contribution in [0.4, 0.5) is 5.95 Å². The van der Waals surface area contributed by atoms with Crippen LogP contribution >= 0.6 is 0 Å². The molecule has 0 bridgehead atoms. The van der Waals surface area contributed by atoms with Crippen molar-refractivity contribution < 1.29 is 0 Å². The molecular formula is C9H13N5O. The first-order chi connectivity index (χ1) is 7.17. The molecule has 0 amide bonds. The van der Waals surface area contributed by atoms with Crippen molar-refractivity contribution in [3.05, 3.63) is 34.5 Å². The van der Waals surface area contributed by atoms with Crippen LogP contribution in [0.5, 0.6) is 0 Å². The summed E-state index contributed by atoms with van der Waals surface area (Å²) in [5.74, 6) is 0.335. The molecule has 15 heavy (non-hydrogen) atoms. The molecule has 80 valence electrons. The van der Waals surface area contributed by atoms with Gasteiger partial charge in [-0.05, 0) is 6.92 Å². The zero-order valence-electron chi connectivity index (χ0n) is 8.61. The van der Waals surface area contributed by atoms with Crippen molar-refractivity contribution in [2.75, 3.05) is 12.4 Å². The first kappa shape index (κ1) is 11.0. The highest BCUT2D eigenvalue weighted by Gasteiger charge is 2.01. The average molecular weight is 207 g/mol. The number of anilines is 1. The minimum absolute atomic E-state index is 0.227. The molecule has 0 saturated carbocycles. The van der Waals surface area contributed by atoms with Gasteiger partial charge in [-0.2, -0.15) is 0 Å². The summed E-state index contributed by atoms with van der Waals surface area (Å²) in [6.07, 6.45) is 2.78. The Bertz CT molecular complexity index is 446. The zero-order valence-corrected chi connectivity index (χ0v) is 8.61. The van der Waals surface area contributed by atoms with E-state index >= 15 is 0 Å². The number of aromatic nitrogens is 2. The fourth-order valence-electron chi connectivity index (χ4n) is 0.934. The lowest BCUT2D eigenvalue weighted by Gasteiger charge is -2.07. The van der Waals surface area contributed by atoms with Gasteiger partial charge in [0.05, 0.1) is 11.4 Å². The molecular weight excluding hydrogens is 194 g/mol. The molecule has 0 spiro atoms. The first-order valence-corrected chi connectivity index (χ1v) is 4.35. The van der Waals surface area contributed by atoms with Gasteiger partial charge in [0.2, 0.25) is 5.95 Å². The van der Waals surface area contributed by atoms with Gasteiger partial charge >= 0.3 is 0 Å². The molecule has 0 aromatic carbocycles. The Balaban J connectivity index is 2.90. The summed E-state index contributed by atoms with van der Waals surface area (Å²) in [5.41, 5.74) is 6.51. The van der Waals surface area contributed by atoms with Gasteiger partial charge < -0.3 is 11.1 Å². The molecule has 0 saturated heterocycles. The highest BCUT2D eigenvalue weighted by atomic mass is 16.1. The summed E-state index contributed by atoms with van der Waals surface area (Å²) < 4.78 is 0. The second kappa shape index (κ2) is 4.94. The highest BCUT2D eigenvalue weighted by molar-refractivity contribution is 6.00. The summed E-state index contributed by atoms with van der Waals surface area (Å²) in [6, 6.07) is 1.33. The maximum atomic E-state index is 11.0. The summed E-state index contributed by atoms with van der Waals surface area (Å²) in [4.78, 5) is 21.4. The summed E-state index contributed by atoms with van der Waals surface area (Å²) in [5, 5.41) is 2.86. The Labute approximate surface area is 87.0 Å². The third-order valence-corrected chi connectivity index (χ3v) is 1.82. The Morgan fingerprint density at radius 2 is 2.47 bits per heavy atom. The minimum Gasteiger partial charge on any atom is -0.403 e. The number of H-pyrrole nitrogens is 1. The predicted molar refractivity (Wildman–Crippen MR) is 59.8 cm³/mol. The molecule has 1 aromatic rings. The van der Waals surface area contributed by atoms with Crippen LogP contribution in [0.3, 0.4) is 0 Å². The van der Waals surface area contributed by atoms with Crippen LogP contribution in [-0.4, -0.2) is 22.7 Å². The number of rotatable bonds is 3. The van der Waals surface area contributed by atoms with Crippen molar-refractivity contribution in [3.8, 4) is 0 Å². The van der Waals surface area contributed by atoms with Gasteiger partial charge in [-0.3, -0.25) is 14.8 Å². The van der Waals surface area contributed by atoms with Crippen molar-refractivity contribution >= 4 is 11.7 Å². The van der Waals surface area contributed by atoms with Crippen LogP contribution in [0.1, 0.15) is 6.92 Å². The molecule has 1 rings (SSSR count). The van der Waals surface area contributed by atoms with Gasteiger partial charge in [-0.15, -0.1) is 0 Å². The van der Waals surface area contributed by atoms with Crippen molar-refractivity contribution in [1.82, 2.24) is 9.97 Å². The predicted octanol–water partition coefficient (Wildman–Crippen LogP) is 0.0726. The number of aliphatic imine (C=N–C) groups is 1. The maximum Gasteiger partial charge on any atom is 0.252 e. The third kappa shape index (κ3) is 2.94. The number of aromatic amines is 1. The molecule has 0 fully saturated rings. The summed E-state index contributed by atoms with van der Waals surface area (Å²) >= 11 is 0. The number of nitrogens with one attached hydrogen (secondary N) is 2. The van der Waals surface area contributed by atoms with Crippen molar-refractivity contribution in [3.63, 3.8) is 0 Å². The Hall–Kier alpha value is -2.11.